The number of aromatic hydroxyl groups is 1. The normalized spacial score (nSPS) is 16.6. The second-order valence-corrected chi connectivity index (χ2v) is 5.63. The molecule has 2 N–H and O–H groups in total. The molecule has 2 aromatic rings. The number of esters is 1. The van der Waals surface area contributed by atoms with Gasteiger partial charge < -0.3 is 9.84 Å². The Morgan fingerprint density at radius 2 is 2.20 bits per heavy atom. The van der Waals surface area contributed by atoms with Gasteiger partial charge in [-0.2, -0.15) is 5.10 Å². The molecule has 25 heavy (non-hydrogen) atoms. The van der Waals surface area contributed by atoms with Gasteiger partial charge in [0.05, 0.1) is 18.8 Å². The van der Waals surface area contributed by atoms with Gasteiger partial charge in [-0.25, -0.2) is 14.8 Å². The van der Waals surface area contributed by atoms with Crippen molar-refractivity contribution in [2.75, 3.05) is 11.6 Å². The minimum absolute atomic E-state index is 0.146. The molecule has 2 heterocycles. The van der Waals surface area contributed by atoms with Crippen molar-refractivity contribution in [1.82, 2.24) is 9.97 Å². The van der Waals surface area contributed by atoms with Crippen LogP contribution in [0.4, 0.5) is 5.95 Å². The van der Waals surface area contributed by atoms with Crippen LogP contribution in [0.15, 0.2) is 40.4 Å². The maximum Gasteiger partial charge on any atom is 0.345 e. The summed E-state index contributed by atoms with van der Waals surface area (Å²) in [6.07, 6.45) is 1.76. The zero-order valence-electron chi connectivity index (χ0n) is 13.9. The number of para-hydroxylation sites is 1. The zero-order valence-corrected chi connectivity index (χ0v) is 13.9. The summed E-state index contributed by atoms with van der Waals surface area (Å²) < 4.78 is 4.82. The molecule has 1 atom stereocenters. The van der Waals surface area contributed by atoms with Crippen LogP contribution in [0.3, 0.4) is 0 Å². The summed E-state index contributed by atoms with van der Waals surface area (Å²) in [5.41, 5.74) is 0.759. The van der Waals surface area contributed by atoms with Crippen molar-refractivity contribution >= 4 is 17.6 Å². The fourth-order valence-corrected chi connectivity index (χ4v) is 2.72. The predicted molar refractivity (Wildman–Crippen MR) is 91.9 cm³/mol. The molecule has 8 heteroatoms. The number of hydrogen-bond donors (Lipinski definition) is 2. The molecule has 1 aliphatic heterocycles. The Hall–Kier alpha value is -3.16. The molecule has 130 valence electrons. The van der Waals surface area contributed by atoms with Gasteiger partial charge in [0, 0.05) is 17.7 Å². The van der Waals surface area contributed by atoms with Crippen molar-refractivity contribution in [3.63, 3.8) is 0 Å². The standard InChI is InChI=1S/C17H18N4O4/c1-3-25-16(24)12-9-18-17(19-15(12)23)21-13(8-10(2)20-21)11-6-4-5-7-14(11)22/h4-7,9,13,22H,3,8H2,1-2H3,(H,18,19,23). The lowest BCUT2D eigenvalue weighted by Gasteiger charge is -2.23. The minimum Gasteiger partial charge on any atom is -0.508 e. The molecule has 3 rings (SSSR count). The molecule has 1 unspecified atom stereocenters. The van der Waals surface area contributed by atoms with E-state index in [0.717, 1.165) is 5.71 Å². The highest BCUT2D eigenvalue weighted by Gasteiger charge is 2.31. The van der Waals surface area contributed by atoms with E-state index >= 15 is 0 Å². The van der Waals surface area contributed by atoms with Crippen molar-refractivity contribution in [3.05, 3.63) is 51.9 Å². The lowest BCUT2D eigenvalue weighted by Crippen LogP contribution is -2.27. The van der Waals surface area contributed by atoms with Gasteiger partial charge in [-0.15, -0.1) is 0 Å². The Balaban J connectivity index is 1.97. The second kappa shape index (κ2) is 6.76. The SMILES string of the molecule is CCOC(=O)c1cnc(N2N=C(C)CC2c2ccccc2O)[nH]c1=O. The van der Waals surface area contributed by atoms with Crippen molar-refractivity contribution in [2.45, 2.75) is 26.3 Å². The maximum absolute atomic E-state index is 12.2. The second-order valence-electron chi connectivity index (χ2n) is 5.63. The number of phenols is 1. The van der Waals surface area contributed by atoms with Crippen LogP contribution in [-0.4, -0.2) is 33.4 Å². The topological polar surface area (TPSA) is 108 Å². The third-order valence-corrected chi connectivity index (χ3v) is 3.86. The van der Waals surface area contributed by atoms with Gasteiger partial charge in [0.25, 0.3) is 5.56 Å². The van der Waals surface area contributed by atoms with Crippen LogP contribution in [-0.2, 0) is 4.74 Å². The van der Waals surface area contributed by atoms with Crippen LogP contribution in [0.5, 0.6) is 5.75 Å². The summed E-state index contributed by atoms with van der Waals surface area (Å²) in [6, 6.07) is 6.66. The van der Waals surface area contributed by atoms with E-state index < -0.39 is 11.5 Å². The minimum atomic E-state index is -0.721. The Labute approximate surface area is 143 Å². The first-order valence-electron chi connectivity index (χ1n) is 7.89. The molecule has 0 saturated heterocycles. The molecule has 0 bridgehead atoms. The zero-order chi connectivity index (χ0) is 18.0. The summed E-state index contributed by atoms with van der Waals surface area (Å²) >= 11 is 0. The number of anilines is 1. The van der Waals surface area contributed by atoms with Crippen LogP contribution < -0.4 is 10.6 Å². The van der Waals surface area contributed by atoms with Gasteiger partial charge in [0.15, 0.2) is 0 Å². The average molecular weight is 342 g/mol. The van der Waals surface area contributed by atoms with Crippen LogP contribution in [0.25, 0.3) is 0 Å². The Morgan fingerprint density at radius 3 is 2.88 bits per heavy atom. The molecule has 0 saturated carbocycles. The molecule has 0 radical (unpaired) electrons. The molecule has 1 aromatic carbocycles. The molecule has 0 fully saturated rings. The summed E-state index contributed by atoms with van der Waals surface area (Å²) in [5.74, 6) is -0.378. The van der Waals surface area contributed by atoms with Gasteiger partial charge in [0.2, 0.25) is 5.95 Å². The number of H-pyrrole nitrogens is 1. The number of aromatic nitrogens is 2. The van der Waals surface area contributed by atoms with Gasteiger partial charge in [-0.1, -0.05) is 18.2 Å². The van der Waals surface area contributed by atoms with E-state index in [1.165, 1.54) is 6.20 Å². The summed E-state index contributed by atoms with van der Waals surface area (Å²) in [6.45, 7) is 3.69. The highest BCUT2D eigenvalue weighted by Crippen LogP contribution is 2.36. The number of rotatable bonds is 4. The van der Waals surface area contributed by atoms with Gasteiger partial charge in [0.1, 0.15) is 11.3 Å². The monoisotopic (exact) mass is 342 g/mol. The first-order chi connectivity index (χ1) is 12.0. The van der Waals surface area contributed by atoms with E-state index in [-0.39, 0.29) is 29.9 Å². The van der Waals surface area contributed by atoms with E-state index in [1.54, 1.807) is 30.1 Å². The fourth-order valence-electron chi connectivity index (χ4n) is 2.72. The van der Waals surface area contributed by atoms with E-state index in [2.05, 4.69) is 15.1 Å². The highest BCUT2D eigenvalue weighted by atomic mass is 16.5. The molecule has 0 spiro atoms. The highest BCUT2D eigenvalue weighted by molar-refractivity contribution is 5.89. The quantitative estimate of drug-likeness (QED) is 0.823. The number of ether oxygens (including phenoxy) is 1. The molecule has 0 aliphatic carbocycles. The van der Waals surface area contributed by atoms with E-state index in [9.17, 15) is 14.7 Å². The van der Waals surface area contributed by atoms with Crippen LogP contribution in [0.1, 0.15) is 42.2 Å². The van der Waals surface area contributed by atoms with Crippen molar-refractivity contribution in [1.29, 1.82) is 0 Å². The smallest absolute Gasteiger partial charge is 0.345 e. The number of hydrazone groups is 1. The number of carbonyl (C=O) groups excluding carboxylic acids is 1. The predicted octanol–water partition coefficient (Wildman–Crippen LogP) is 1.98. The number of aromatic amines is 1. The summed E-state index contributed by atoms with van der Waals surface area (Å²) in [4.78, 5) is 30.6. The molecule has 8 nitrogen and oxygen atoms in total. The third kappa shape index (κ3) is 3.23. The first-order valence-corrected chi connectivity index (χ1v) is 7.89. The number of benzene rings is 1. The number of nitrogens with zero attached hydrogens (tertiary/aromatic N) is 3. The maximum atomic E-state index is 12.2. The summed E-state index contributed by atoms with van der Waals surface area (Å²) in [7, 11) is 0. The Morgan fingerprint density at radius 1 is 1.44 bits per heavy atom. The average Bonchev–Trinajstić information content (AvgIpc) is 2.97. The lowest BCUT2D eigenvalue weighted by molar-refractivity contribution is 0.0523. The molecular formula is C17H18N4O4. The molecular weight excluding hydrogens is 324 g/mol. The number of carbonyl (C=O) groups is 1. The van der Waals surface area contributed by atoms with Crippen LogP contribution in [0.2, 0.25) is 0 Å². The van der Waals surface area contributed by atoms with Crippen molar-refractivity contribution < 1.29 is 14.6 Å². The van der Waals surface area contributed by atoms with Gasteiger partial charge in [-0.3, -0.25) is 9.78 Å². The van der Waals surface area contributed by atoms with E-state index in [1.807, 2.05) is 13.0 Å². The molecule has 1 aliphatic rings. The number of nitrogens with one attached hydrogen (secondary N) is 1. The van der Waals surface area contributed by atoms with E-state index in [4.69, 9.17) is 4.74 Å². The van der Waals surface area contributed by atoms with Gasteiger partial charge in [-0.05, 0) is 19.9 Å². The van der Waals surface area contributed by atoms with Crippen molar-refractivity contribution in [3.8, 4) is 5.75 Å². The van der Waals surface area contributed by atoms with Crippen LogP contribution >= 0.6 is 0 Å². The Kier molecular flexibility index (Phi) is 4.51. The molecule has 0 amide bonds. The van der Waals surface area contributed by atoms with Crippen molar-refractivity contribution in [2.24, 2.45) is 5.10 Å². The third-order valence-electron chi connectivity index (χ3n) is 3.86. The van der Waals surface area contributed by atoms with Gasteiger partial charge >= 0.3 is 5.97 Å². The summed E-state index contributed by atoms with van der Waals surface area (Å²) in [5, 5.41) is 16.1. The first kappa shape index (κ1) is 16.7. The number of phenolic OH excluding ortho intramolecular Hbond substituents is 1. The number of hydrogen-bond acceptors (Lipinski definition) is 7. The van der Waals surface area contributed by atoms with Crippen LogP contribution in [0, 0.1) is 0 Å². The van der Waals surface area contributed by atoms with E-state index in [0.29, 0.717) is 12.0 Å². The lowest BCUT2D eigenvalue weighted by atomic mass is 10.0. The fraction of sp³-hybridized carbons (Fsp3) is 0.294. The largest absolute Gasteiger partial charge is 0.508 e. The Bertz CT molecular complexity index is 890. The molecule has 1 aromatic heterocycles.